The van der Waals surface area contributed by atoms with Crippen LogP contribution in [0.4, 0.5) is 0 Å². The fourth-order valence-electron chi connectivity index (χ4n) is 2.06. The predicted octanol–water partition coefficient (Wildman–Crippen LogP) is 5.72. The van der Waals surface area contributed by atoms with Gasteiger partial charge in [0, 0.05) is 11.1 Å². The van der Waals surface area contributed by atoms with Crippen LogP contribution in [0.15, 0.2) is 47.7 Å². The third-order valence-electron chi connectivity index (χ3n) is 3.32. The lowest BCUT2D eigenvalue weighted by atomic mass is 9.99. The first-order valence-corrected chi connectivity index (χ1v) is 7.83. The molecule has 1 aromatic carbocycles. The Morgan fingerprint density at radius 2 is 1.75 bits per heavy atom. The Morgan fingerprint density at radius 1 is 1.05 bits per heavy atom. The van der Waals surface area contributed by atoms with E-state index < -0.39 is 0 Å². The normalized spacial score (nSPS) is 9.90. The van der Waals surface area contributed by atoms with E-state index in [9.17, 15) is 4.79 Å². The number of carbonyl (C=O) groups excluding carboxylic acids is 1. The molecule has 0 heterocycles. The monoisotopic (exact) mass is 270 g/mol. The van der Waals surface area contributed by atoms with Crippen molar-refractivity contribution in [1.29, 1.82) is 0 Å². The van der Waals surface area contributed by atoms with Gasteiger partial charge < -0.3 is 0 Å². The molecule has 1 aromatic rings. The van der Waals surface area contributed by atoms with Gasteiger partial charge in [0.15, 0.2) is 5.78 Å². The fraction of sp³-hybridized carbons (Fsp3) is 0.474. The highest BCUT2D eigenvalue weighted by Crippen LogP contribution is 2.14. The van der Waals surface area contributed by atoms with Gasteiger partial charge in [-0.2, -0.15) is 0 Å². The van der Waals surface area contributed by atoms with Gasteiger partial charge in [-0.05, 0) is 31.8 Å². The van der Waals surface area contributed by atoms with Crippen molar-refractivity contribution in [3.63, 3.8) is 0 Å². The maximum atomic E-state index is 12.5. The van der Waals surface area contributed by atoms with E-state index in [4.69, 9.17) is 0 Å². The molecular weight excluding hydrogens is 244 g/mol. The summed E-state index contributed by atoms with van der Waals surface area (Å²) in [6, 6.07) is 9.53. The topological polar surface area (TPSA) is 17.1 Å². The van der Waals surface area contributed by atoms with E-state index in [2.05, 4.69) is 19.6 Å². The molecular formula is C19H26O. The van der Waals surface area contributed by atoms with E-state index in [-0.39, 0.29) is 5.78 Å². The molecule has 0 amide bonds. The van der Waals surface area contributed by atoms with Gasteiger partial charge in [0.2, 0.25) is 0 Å². The van der Waals surface area contributed by atoms with Gasteiger partial charge in [-0.1, -0.05) is 63.4 Å². The third-order valence-corrected chi connectivity index (χ3v) is 3.32. The smallest absolute Gasteiger partial charge is 0.196 e. The van der Waals surface area contributed by atoms with Crippen LogP contribution in [0.25, 0.3) is 0 Å². The van der Waals surface area contributed by atoms with Crippen molar-refractivity contribution in [3.05, 3.63) is 53.3 Å². The molecule has 0 atom stereocenters. The van der Waals surface area contributed by atoms with E-state index in [1.165, 1.54) is 19.3 Å². The van der Waals surface area contributed by atoms with Crippen molar-refractivity contribution in [2.75, 3.05) is 0 Å². The Labute approximate surface area is 123 Å². The molecule has 0 aromatic heterocycles. The highest BCUT2D eigenvalue weighted by Gasteiger charge is 2.10. The average molecular weight is 270 g/mol. The molecule has 0 fully saturated rings. The zero-order valence-electron chi connectivity index (χ0n) is 12.8. The molecule has 0 saturated carbocycles. The van der Waals surface area contributed by atoms with Crippen LogP contribution >= 0.6 is 0 Å². The van der Waals surface area contributed by atoms with Crippen molar-refractivity contribution < 1.29 is 4.79 Å². The van der Waals surface area contributed by atoms with E-state index in [1.54, 1.807) is 0 Å². The van der Waals surface area contributed by atoms with Crippen molar-refractivity contribution in [2.45, 2.75) is 58.8 Å². The fourth-order valence-corrected chi connectivity index (χ4v) is 2.06. The number of hydrogen-bond donors (Lipinski definition) is 0. The number of unbranched alkanes of at least 4 members (excludes halogenated alkanes) is 4. The highest BCUT2D eigenvalue weighted by molar-refractivity contribution is 6.08. The molecule has 20 heavy (non-hydrogen) atoms. The van der Waals surface area contributed by atoms with Gasteiger partial charge in [0.25, 0.3) is 0 Å². The minimum absolute atomic E-state index is 0.130. The standard InChI is InChI=1S/C19H26O/c1-3-5-7-8-10-14-17(13-6-4-2)19(20)18-15-11-9-12-16-18/h9-12,15-16H,3-8,13H2,1-2H3. The van der Waals surface area contributed by atoms with Crippen LogP contribution < -0.4 is 0 Å². The summed E-state index contributed by atoms with van der Waals surface area (Å²) in [6.45, 7) is 4.35. The van der Waals surface area contributed by atoms with Gasteiger partial charge in [-0.15, -0.1) is 5.73 Å². The first-order chi connectivity index (χ1) is 9.79. The van der Waals surface area contributed by atoms with E-state index in [0.717, 1.165) is 36.8 Å². The van der Waals surface area contributed by atoms with E-state index in [1.807, 2.05) is 36.4 Å². The molecule has 0 radical (unpaired) electrons. The van der Waals surface area contributed by atoms with Gasteiger partial charge in [0.1, 0.15) is 0 Å². The lowest BCUT2D eigenvalue weighted by Gasteiger charge is -2.03. The van der Waals surface area contributed by atoms with Crippen molar-refractivity contribution >= 4 is 5.78 Å². The summed E-state index contributed by atoms with van der Waals surface area (Å²) in [5.41, 5.74) is 4.85. The molecule has 0 N–H and O–H groups in total. The molecule has 0 spiro atoms. The summed E-state index contributed by atoms with van der Waals surface area (Å²) in [4.78, 5) is 12.5. The third kappa shape index (κ3) is 6.04. The molecule has 1 heteroatoms. The number of allylic oxidation sites excluding steroid dienone is 1. The first-order valence-electron chi connectivity index (χ1n) is 7.83. The molecule has 0 aliphatic heterocycles. The number of hydrogen-bond acceptors (Lipinski definition) is 1. The van der Waals surface area contributed by atoms with Crippen molar-refractivity contribution in [2.24, 2.45) is 0 Å². The van der Waals surface area contributed by atoms with Crippen LogP contribution in [-0.2, 0) is 0 Å². The van der Waals surface area contributed by atoms with Crippen LogP contribution in [0.1, 0.15) is 69.2 Å². The molecule has 1 nitrogen and oxygen atoms in total. The van der Waals surface area contributed by atoms with Crippen LogP contribution in [-0.4, -0.2) is 5.78 Å². The zero-order chi connectivity index (χ0) is 14.6. The summed E-state index contributed by atoms with van der Waals surface area (Å²) in [5.74, 6) is 0.130. The number of carbonyl (C=O) groups is 1. The number of rotatable bonds is 9. The maximum Gasteiger partial charge on any atom is 0.196 e. The molecule has 0 aliphatic rings. The van der Waals surface area contributed by atoms with Crippen LogP contribution in [0.5, 0.6) is 0 Å². The summed E-state index contributed by atoms with van der Waals surface area (Å²) in [6.07, 6.45) is 9.69. The Hall–Kier alpha value is -1.59. The first kappa shape index (κ1) is 16.5. The Balaban J connectivity index is 2.77. The largest absolute Gasteiger partial charge is 0.288 e. The summed E-state index contributed by atoms with van der Waals surface area (Å²) < 4.78 is 0. The summed E-state index contributed by atoms with van der Waals surface area (Å²) >= 11 is 0. The van der Waals surface area contributed by atoms with Crippen molar-refractivity contribution in [3.8, 4) is 0 Å². The molecule has 0 aliphatic carbocycles. The Kier molecular flexibility index (Phi) is 8.42. The second-order valence-corrected chi connectivity index (χ2v) is 5.12. The molecule has 0 unspecified atom stereocenters. The molecule has 0 bridgehead atoms. The number of benzene rings is 1. The highest BCUT2D eigenvalue weighted by atomic mass is 16.1. The van der Waals surface area contributed by atoms with Gasteiger partial charge in [-0.25, -0.2) is 0 Å². The minimum Gasteiger partial charge on any atom is -0.288 e. The van der Waals surface area contributed by atoms with Crippen LogP contribution in [0, 0.1) is 0 Å². The second-order valence-electron chi connectivity index (χ2n) is 5.12. The van der Waals surface area contributed by atoms with Gasteiger partial charge in [-0.3, -0.25) is 4.79 Å². The Morgan fingerprint density at radius 3 is 2.40 bits per heavy atom. The molecule has 1 rings (SSSR count). The zero-order valence-corrected chi connectivity index (χ0v) is 12.8. The predicted molar refractivity (Wildman–Crippen MR) is 86.0 cm³/mol. The van der Waals surface area contributed by atoms with E-state index in [0.29, 0.717) is 0 Å². The molecule has 0 saturated heterocycles. The summed E-state index contributed by atoms with van der Waals surface area (Å²) in [7, 11) is 0. The van der Waals surface area contributed by atoms with E-state index >= 15 is 0 Å². The van der Waals surface area contributed by atoms with Crippen molar-refractivity contribution in [1.82, 2.24) is 0 Å². The second kappa shape index (κ2) is 10.2. The van der Waals surface area contributed by atoms with Gasteiger partial charge >= 0.3 is 0 Å². The maximum absolute atomic E-state index is 12.5. The SMILES string of the molecule is CCCCCC=C=C(CCCC)C(=O)c1ccccc1. The molecule has 108 valence electrons. The Bertz CT molecular complexity index is 450. The van der Waals surface area contributed by atoms with Crippen LogP contribution in [0.2, 0.25) is 0 Å². The van der Waals surface area contributed by atoms with Gasteiger partial charge in [0.05, 0.1) is 0 Å². The minimum atomic E-state index is 0.130. The quantitative estimate of drug-likeness (QED) is 0.243. The number of ketones is 1. The lowest BCUT2D eigenvalue weighted by molar-refractivity contribution is 0.103. The van der Waals surface area contributed by atoms with Crippen LogP contribution in [0.3, 0.4) is 0 Å². The summed E-state index contributed by atoms with van der Waals surface area (Å²) in [5, 5.41) is 0. The lowest BCUT2D eigenvalue weighted by Crippen LogP contribution is -2.02. The number of Topliss-reactive ketones (excluding diaryl/α,β-unsaturated/α-hetero) is 1. The average Bonchev–Trinajstić information content (AvgIpc) is 2.50.